The summed E-state index contributed by atoms with van der Waals surface area (Å²) in [5, 5.41) is 26.1. The van der Waals surface area contributed by atoms with Crippen LogP contribution < -0.4 is 5.32 Å². The number of nitrogens with one attached hydrogen (secondary N) is 3. The Hall–Kier alpha value is -3.16. The molecule has 0 bridgehead atoms. The lowest BCUT2D eigenvalue weighted by molar-refractivity contribution is -0.139. The number of carbonyl (C=O) groups is 2. The van der Waals surface area contributed by atoms with Crippen molar-refractivity contribution < 1.29 is 14.7 Å². The molecule has 0 saturated carbocycles. The number of carboxylic acids is 1. The van der Waals surface area contributed by atoms with E-state index in [2.05, 4.69) is 25.7 Å². The van der Waals surface area contributed by atoms with E-state index in [1.165, 1.54) is 0 Å². The minimum Gasteiger partial charge on any atom is -0.479 e. The average molecular weight is 313 g/mol. The van der Waals surface area contributed by atoms with Crippen LogP contribution in [0.3, 0.4) is 0 Å². The number of aromatic nitrogens is 4. The lowest BCUT2D eigenvalue weighted by Gasteiger charge is -2.14. The normalized spacial score (nSPS) is 12.3. The topological polar surface area (TPSA) is 124 Å². The molecule has 1 unspecified atom stereocenters. The van der Waals surface area contributed by atoms with Gasteiger partial charge in [-0.3, -0.25) is 15.0 Å². The highest BCUT2D eigenvalue weighted by molar-refractivity contribution is 6.05. The summed E-state index contributed by atoms with van der Waals surface area (Å²) in [7, 11) is 0. The zero-order valence-corrected chi connectivity index (χ0v) is 12.5. The Labute approximate surface area is 130 Å². The molecule has 1 amide bonds. The van der Waals surface area contributed by atoms with Crippen molar-refractivity contribution in [1.82, 2.24) is 25.7 Å². The SMILES string of the molecule is Cc1n[nH]c(C)c1C(NC(=O)c1n[nH]c2ccccc12)C(=O)O. The molecule has 4 N–H and O–H groups in total. The minimum absolute atomic E-state index is 0.158. The highest BCUT2D eigenvalue weighted by Gasteiger charge is 2.28. The van der Waals surface area contributed by atoms with Crippen molar-refractivity contribution >= 4 is 22.8 Å². The number of carboxylic acid groups (broad SMARTS) is 1. The van der Waals surface area contributed by atoms with E-state index in [0.29, 0.717) is 27.9 Å². The van der Waals surface area contributed by atoms with Gasteiger partial charge in [0.1, 0.15) is 0 Å². The van der Waals surface area contributed by atoms with E-state index in [4.69, 9.17) is 0 Å². The largest absolute Gasteiger partial charge is 0.479 e. The number of amides is 1. The summed E-state index contributed by atoms with van der Waals surface area (Å²) < 4.78 is 0. The van der Waals surface area contributed by atoms with Crippen LogP contribution >= 0.6 is 0 Å². The Morgan fingerprint density at radius 1 is 1.17 bits per heavy atom. The van der Waals surface area contributed by atoms with Gasteiger partial charge in [-0.25, -0.2) is 4.79 Å². The fraction of sp³-hybridized carbons (Fsp3) is 0.200. The molecule has 3 aromatic rings. The monoisotopic (exact) mass is 313 g/mol. The second-order valence-electron chi connectivity index (χ2n) is 5.21. The van der Waals surface area contributed by atoms with Gasteiger partial charge >= 0.3 is 5.97 Å². The summed E-state index contributed by atoms with van der Waals surface area (Å²) in [6, 6.07) is 5.95. The first-order valence-corrected chi connectivity index (χ1v) is 6.97. The summed E-state index contributed by atoms with van der Waals surface area (Å²) in [4.78, 5) is 24.1. The van der Waals surface area contributed by atoms with Gasteiger partial charge in [-0.2, -0.15) is 10.2 Å². The van der Waals surface area contributed by atoms with Crippen molar-refractivity contribution in [3.63, 3.8) is 0 Å². The van der Waals surface area contributed by atoms with Crippen molar-refractivity contribution in [2.24, 2.45) is 0 Å². The molecule has 3 rings (SSSR count). The molecule has 2 heterocycles. The molecule has 0 aliphatic rings. The predicted molar refractivity (Wildman–Crippen MR) is 82.0 cm³/mol. The highest BCUT2D eigenvalue weighted by atomic mass is 16.4. The second kappa shape index (κ2) is 5.56. The van der Waals surface area contributed by atoms with Crippen molar-refractivity contribution in [2.75, 3.05) is 0 Å². The zero-order chi connectivity index (χ0) is 16.6. The summed E-state index contributed by atoms with van der Waals surface area (Å²) in [5.74, 6) is -1.72. The number of para-hydroxylation sites is 1. The number of carbonyl (C=O) groups excluding carboxylic acids is 1. The fourth-order valence-corrected chi connectivity index (χ4v) is 2.58. The van der Waals surface area contributed by atoms with Crippen LogP contribution in [0.2, 0.25) is 0 Å². The van der Waals surface area contributed by atoms with Crippen molar-refractivity contribution in [3.8, 4) is 0 Å². The van der Waals surface area contributed by atoms with Gasteiger partial charge in [0.05, 0.1) is 11.2 Å². The second-order valence-corrected chi connectivity index (χ2v) is 5.21. The van der Waals surface area contributed by atoms with Crippen LogP contribution in [-0.4, -0.2) is 37.4 Å². The number of benzene rings is 1. The fourth-order valence-electron chi connectivity index (χ4n) is 2.58. The smallest absolute Gasteiger partial charge is 0.331 e. The van der Waals surface area contributed by atoms with Crippen LogP contribution in [0.15, 0.2) is 24.3 Å². The Morgan fingerprint density at radius 2 is 1.91 bits per heavy atom. The first kappa shape index (κ1) is 14.8. The molecule has 1 atom stereocenters. The third-order valence-corrected chi connectivity index (χ3v) is 3.68. The number of hydrogen-bond acceptors (Lipinski definition) is 4. The lowest BCUT2D eigenvalue weighted by Crippen LogP contribution is -2.34. The minimum atomic E-state index is -1.20. The van der Waals surface area contributed by atoms with Crippen LogP contribution in [0, 0.1) is 13.8 Å². The average Bonchev–Trinajstić information content (AvgIpc) is 3.09. The molecule has 0 saturated heterocycles. The van der Waals surface area contributed by atoms with E-state index in [-0.39, 0.29) is 5.69 Å². The predicted octanol–water partition coefficient (Wildman–Crippen LogP) is 1.46. The Bertz CT molecular complexity index is 876. The number of aromatic amines is 2. The summed E-state index contributed by atoms with van der Waals surface area (Å²) in [6.45, 7) is 3.40. The third kappa shape index (κ3) is 2.54. The molecule has 0 spiro atoms. The Morgan fingerprint density at radius 3 is 2.57 bits per heavy atom. The highest BCUT2D eigenvalue weighted by Crippen LogP contribution is 2.21. The maximum Gasteiger partial charge on any atom is 0.331 e. The third-order valence-electron chi connectivity index (χ3n) is 3.68. The number of aliphatic carboxylic acids is 1. The molecule has 1 aromatic carbocycles. The standard InChI is InChI=1S/C15H15N5O3/c1-7-11(8(2)18-17-7)13(15(22)23)16-14(21)12-9-5-3-4-6-10(9)19-20-12/h3-6,13H,1-2H3,(H,16,21)(H,17,18)(H,19,20)(H,22,23). The van der Waals surface area contributed by atoms with Crippen LogP contribution in [0.4, 0.5) is 0 Å². The van der Waals surface area contributed by atoms with Gasteiger partial charge in [-0.1, -0.05) is 18.2 Å². The van der Waals surface area contributed by atoms with Crippen molar-refractivity contribution in [1.29, 1.82) is 0 Å². The summed E-state index contributed by atoms with van der Waals surface area (Å²) in [6.07, 6.45) is 0. The van der Waals surface area contributed by atoms with Crippen LogP contribution in [0.1, 0.15) is 33.5 Å². The first-order valence-electron chi connectivity index (χ1n) is 6.97. The van der Waals surface area contributed by atoms with Crippen molar-refractivity contribution in [2.45, 2.75) is 19.9 Å². The van der Waals surface area contributed by atoms with Gasteiger partial charge in [0.25, 0.3) is 5.91 Å². The number of H-pyrrole nitrogens is 2. The molecule has 23 heavy (non-hydrogen) atoms. The van der Waals surface area contributed by atoms with Gasteiger partial charge in [-0.05, 0) is 19.9 Å². The van der Waals surface area contributed by atoms with Crippen LogP contribution in [0.5, 0.6) is 0 Å². The molecular weight excluding hydrogens is 298 g/mol. The lowest BCUT2D eigenvalue weighted by atomic mass is 10.0. The number of hydrogen-bond donors (Lipinski definition) is 4. The molecule has 8 heteroatoms. The van der Waals surface area contributed by atoms with E-state index in [1.807, 2.05) is 6.07 Å². The zero-order valence-electron chi connectivity index (χ0n) is 12.5. The van der Waals surface area contributed by atoms with Gasteiger partial charge < -0.3 is 10.4 Å². The molecule has 0 radical (unpaired) electrons. The van der Waals surface area contributed by atoms with Gasteiger partial charge in [0.2, 0.25) is 0 Å². The van der Waals surface area contributed by atoms with Gasteiger partial charge in [-0.15, -0.1) is 0 Å². The molecular formula is C15H15N5O3. The number of rotatable bonds is 4. The molecule has 2 aromatic heterocycles. The molecule has 118 valence electrons. The Balaban J connectivity index is 1.95. The van der Waals surface area contributed by atoms with E-state index in [1.54, 1.807) is 32.0 Å². The van der Waals surface area contributed by atoms with Crippen LogP contribution in [-0.2, 0) is 4.79 Å². The summed E-state index contributed by atoms with van der Waals surface area (Å²) in [5.41, 5.74) is 2.45. The van der Waals surface area contributed by atoms with E-state index in [0.717, 1.165) is 0 Å². The van der Waals surface area contributed by atoms with E-state index >= 15 is 0 Å². The quantitative estimate of drug-likeness (QED) is 0.580. The van der Waals surface area contributed by atoms with Gasteiger partial charge in [0, 0.05) is 16.6 Å². The number of aryl methyl sites for hydroxylation is 2. The first-order chi connectivity index (χ1) is 11.0. The number of fused-ring (bicyclic) bond motifs is 1. The number of nitrogens with zero attached hydrogens (tertiary/aromatic N) is 2. The van der Waals surface area contributed by atoms with E-state index in [9.17, 15) is 14.7 Å². The molecule has 0 aliphatic heterocycles. The van der Waals surface area contributed by atoms with E-state index < -0.39 is 17.9 Å². The van der Waals surface area contributed by atoms with Gasteiger partial charge in [0.15, 0.2) is 11.7 Å². The maximum atomic E-state index is 12.5. The maximum absolute atomic E-state index is 12.5. The molecule has 0 aliphatic carbocycles. The summed E-state index contributed by atoms with van der Waals surface area (Å²) >= 11 is 0. The molecule has 0 fully saturated rings. The van der Waals surface area contributed by atoms with Crippen molar-refractivity contribution in [3.05, 3.63) is 46.9 Å². The molecule has 8 nitrogen and oxygen atoms in total. The van der Waals surface area contributed by atoms with Crippen LogP contribution in [0.25, 0.3) is 10.9 Å². The Kier molecular flexibility index (Phi) is 3.57.